The quantitative estimate of drug-likeness (QED) is 0.683. The summed E-state index contributed by atoms with van der Waals surface area (Å²) < 4.78 is 10.9. The van der Waals surface area contributed by atoms with Gasteiger partial charge in [0.05, 0.1) is 13.2 Å². The number of rotatable bonds is 5. The molecule has 0 bridgehead atoms. The van der Waals surface area contributed by atoms with Gasteiger partial charge in [0.25, 0.3) is 0 Å². The van der Waals surface area contributed by atoms with Crippen molar-refractivity contribution in [2.75, 3.05) is 26.3 Å². The Balaban J connectivity index is 1.16. The third-order valence-corrected chi connectivity index (χ3v) is 7.34. The summed E-state index contributed by atoms with van der Waals surface area (Å²) in [6.45, 7) is 0.925. The molecule has 0 spiro atoms. The molecule has 2 aromatic carbocycles. The molecule has 3 unspecified atom stereocenters. The maximum atomic E-state index is 13.0. The molecule has 8 nitrogen and oxygen atoms in total. The van der Waals surface area contributed by atoms with Crippen LogP contribution >= 0.6 is 0 Å². The average molecular weight is 479 g/mol. The molecule has 184 valence electrons. The highest BCUT2D eigenvalue weighted by Gasteiger charge is 2.35. The van der Waals surface area contributed by atoms with E-state index in [9.17, 15) is 19.5 Å². The monoisotopic (exact) mass is 478 g/mol. The van der Waals surface area contributed by atoms with Crippen molar-refractivity contribution in [2.24, 2.45) is 5.92 Å². The first-order chi connectivity index (χ1) is 17.0. The SMILES string of the molecule is O=C(NC1CCCC(C(=O)N2CCOC(C(=O)O)C2)C1)OCC1c2ccccc2-c2ccccc21. The van der Waals surface area contributed by atoms with Crippen LogP contribution in [0.25, 0.3) is 11.1 Å². The van der Waals surface area contributed by atoms with Gasteiger partial charge in [-0.3, -0.25) is 4.79 Å². The first-order valence-electron chi connectivity index (χ1n) is 12.3. The highest BCUT2D eigenvalue weighted by Crippen LogP contribution is 2.44. The van der Waals surface area contributed by atoms with Crippen molar-refractivity contribution < 1.29 is 29.0 Å². The lowest BCUT2D eigenvalue weighted by atomic mass is 9.84. The topological polar surface area (TPSA) is 105 Å². The Morgan fingerprint density at radius 3 is 2.40 bits per heavy atom. The lowest BCUT2D eigenvalue weighted by Gasteiger charge is -2.36. The lowest BCUT2D eigenvalue weighted by molar-refractivity contribution is -0.161. The van der Waals surface area contributed by atoms with E-state index >= 15 is 0 Å². The van der Waals surface area contributed by atoms with Crippen molar-refractivity contribution in [1.29, 1.82) is 0 Å². The summed E-state index contributed by atoms with van der Waals surface area (Å²) in [5.74, 6) is -1.35. The van der Waals surface area contributed by atoms with Gasteiger partial charge in [-0.25, -0.2) is 9.59 Å². The molecule has 2 aliphatic carbocycles. The molecule has 0 aromatic heterocycles. The fourth-order valence-electron chi connectivity index (χ4n) is 5.61. The van der Waals surface area contributed by atoms with Crippen LogP contribution in [0.5, 0.6) is 0 Å². The molecule has 2 aromatic rings. The Kier molecular flexibility index (Phi) is 6.72. The van der Waals surface area contributed by atoms with Crippen molar-refractivity contribution in [2.45, 2.75) is 43.7 Å². The lowest BCUT2D eigenvalue weighted by Crippen LogP contribution is -2.51. The fourth-order valence-corrected chi connectivity index (χ4v) is 5.61. The van der Waals surface area contributed by atoms with E-state index in [4.69, 9.17) is 9.47 Å². The predicted molar refractivity (Wildman–Crippen MR) is 128 cm³/mol. The number of hydrogen-bond acceptors (Lipinski definition) is 5. The number of ether oxygens (including phenoxy) is 2. The van der Waals surface area contributed by atoms with Gasteiger partial charge in [-0.05, 0) is 41.5 Å². The second-order valence-electron chi connectivity index (χ2n) is 9.51. The van der Waals surface area contributed by atoms with Crippen LogP contribution in [0.3, 0.4) is 0 Å². The molecule has 2 amide bonds. The number of aliphatic carboxylic acids is 1. The van der Waals surface area contributed by atoms with Crippen LogP contribution in [0, 0.1) is 5.92 Å². The van der Waals surface area contributed by atoms with Crippen LogP contribution in [0.4, 0.5) is 4.79 Å². The first-order valence-corrected chi connectivity index (χ1v) is 12.3. The van der Waals surface area contributed by atoms with Crippen molar-refractivity contribution >= 4 is 18.0 Å². The Morgan fingerprint density at radius 2 is 1.71 bits per heavy atom. The van der Waals surface area contributed by atoms with E-state index < -0.39 is 18.2 Å². The average Bonchev–Trinajstić information content (AvgIpc) is 3.21. The van der Waals surface area contributed by atoms with Crippen LogP contribution < -0.4 is 5.32 Å². The zero-order chi connectivity index (χ0) is 24.4. The number of amides is 2. The predicted octanol–water partition coefficient (Wildman–Crippen LogP) is 3.40. The minimum atomic E-state index is -1.05. The van der Waals surface area contributed by atoms with Gasteiger partial charge in [0.15, 0.2) is 6.10 Å². The number of carboxylic acids is 1. The van der Waals surface area contributed by atoms with Crippen LogP contribution in [0.1, 0.15) is 42.7 Å². The molecule has 1 aliphatic heterocycles. The Morgan fingerprint density at radius 1 is 1.03 bits per heavy atom. The number of nitrogens with zero attached hydrogens (tertiary/aromatic N) is 1. The number of carbonyl (C=O) groups excluding carboxylic acids is 2. The molecule has 2 N–H and O–H groups in total. The molecule has 5 rings (SSSR count). The summed E-state index contributed by atoms with van der Waals surface area (Å²) in [4.78, 5) is 38.5. The van der Waals surface area contributed by atoms with E-state index in [1.165, 1.54) is 11.1 Å². The van der Waals surface area contributed by atoms with Gasteiger partial charge < -0.3 is 24.8 Å². The van der Waals surface area contributed by atoms with Gasteiger partial charge in [0, 0.05) is 24.4 Å². The van der Waals surface area contributed by atoms with Crippen LogP contribution in [0.2, 0.25) is 0 Å². The van der Waals surface area contributed by atoms with Gasteiger partial charge in [0.1, 0.15) is 6.61 Å². The summed E-state index contributed by atoms with van der Waals surface area (Å²) in [7, 11) is 0. The number of nitrogens with one attached hydrogen (secondary N) is 1. The summed E-state index contributed by atoms with van der Waals surface area (Å²) in [6, 6.07) is 16.3. The van der Waals surface area contributed by atoms with Crippen molar-refractivity contribution in [1.82, 2.24) is 10.2 Å². The number of morpholine rings is 1. The zero-order valence-electron chi connectivity index (χ0n) is 19.5. The fraction of sp³-hybridized carbons (Fsp3) is 0.444. The molecule has 2 fully saturated rings. The maximum Gasteiger partial charge on any atom is 0.407 e. The molecular formula is C27H30N2O6. The minimum absolute atomic E-state index is 0.00247. The summed E-state index contributed by atoms with van der Waals surface area (Å²) >= 11 is 0. The number of carbonyl (C=O) groups is 3. The molecular weight excluding hydrogens is 448 g/mol. The molecule has 8 heteroatoms. The molecule has 1 saturated carbocycles. The third-order valence-electron chi connectivity index (χ3n) is 7.34. The van der Waals surface area contributed by atoms with Crippen molar-refractivity contribution in [3.8, 4) is 11.1 Å². The second-order valence-corrected chi connectivity index (χ2v) is 9.51. The molecule has 3 atom stereocenters. The van der Waals surface area contributed by atoms with Gasteiger partial charge in [-0.15, -0.1) is 0 Å². The van der Waals surface area contributed by atoms with E-state index in [0.717, 1.165) is 30.4 Å². The van der Waals surface area contributed by atoms with Gasteiger partial charge in [-0.2, -0.15) is 0 Å². The van der Waals surface area contributed by atoms with Crippen molar-refractivity contribution in [3.05, 3.63) is 59.7 Å². The van der Waals surface area contributed by atoms with Crippen molar-refractivity contribution in [3.63, 3.8) is 0 Å². The maximum absolute atomic E-state index is 13.0. The summed E-state index contributed by atoms with van der Waals surface area (Å²) in [5, 5.41) is 12.2. The van der Waals surface area contributed by atoms with Crippen LogP contribution in [-0.4, -0.2) is 66.4 Å². The number of fused-ring (bicyclic) bond motifs is 3. The summed E-state index contributed by atoms with van der Waals surface area (Å²) in [5.41, 5.74) is 4.68. The Hall–Kier alpha value is -3.39. The third kappa shape index (κ3) is 4.89. The Labute approximate surface area is 204 Å². The molecule has 35 heavy (non-hydrogen) atoms. The van der Waals surface area contributed by atoms with Gasteiger partial charge in [-0.1, -0.05) is 55.0 Å². The number of benzene rings is 2. The van der Waals surface area contributed by atoms with E-state index in [1.54, 1.807) is 4.90 Å². The highest BCUT2D eigenvalue weighted by atomic mass is 16.5. The number of alkyl carbamates (subject to hydrolysis) is 1. The van der Waals surface area contributed by atoms with E-state index in [-0.39, 0.29) is 43.5 Å². The Bertz CT molecular complexity index is 1070. The molecule has 1 saturated heterocycles. The minimum Gasteiger partial charge on any atom is -0.479 e. The van der Waals surface area contributed by atoms with Gasteiger partial charge >= 0.3 is 12.1 Å². The van der Waals surface area contributed by atoms with Crippen LogP contribution in [0.15, 0.2) is 48.5 Å². The zero-order valence-corrected chi connectivity index (χ0v) is 19.5. The molecule has 0 radical (unpaired) electrons. The van der Waals surface area contributed by atoms with E-state index in [1.807, 2.05) is 24.3 Å². The number of carboxylic acid groups (broad SMARTS) is 1. The molecule has 1 heterocycles. The largest absolute Gasteiger partial charge is 0.479 e. The van der Waals surface area contributed by atoms with E-state index in [2.05, 4.69) is 29.6 Å². The smallest absolute Gasteiger partial charge is 0.407 e. The second kappa shape index (κ2) is 10.1. The highest BCUT2D eigenvalue weighted by molar-refractivity contribution is 5.81. The molecule has 3 aliphatic rings. The number of hydrogen-bond donors (Lipinski definition) is 2. The first kappa shape index (κ1) is 23.4. The van der Waals surface area contributed by atoms with E-state index in [0.29, 0.717) is 13.0 Å². The summed E-state index contributed by atoms with van der Waals surface area (Å²) in [6.07, 6.45) is 1.41. The normalized spacial score (nSPS) is 23.8. The van der Waals surface area contributed by atoms with Gasteiger partial charge in [0.2, 0.25) is 5.91 Å². The standard InChI is InChI=1S/C27H30N2O6/c30-25(29-12-13-34-24(15-29)26(31)32)17-6-5-7-18(14-17)28-27(33)35-16-23-21-10-3-1-8-19(21)20-9-2-4-11-22(20)23/h1-4,8-11,17-18,23-24H,5-7,12-16H2,(H,28,33)(H,31,32). The van der Waals surface area contributed by atoms with Crippen LogP contribution in [-0.2, 0) is 19.1 Å².